The predicted octanol–water partition coefficient (Wildman–Crippen LogP) is 5.73. The molecule has 3 aromatic rings. The molecule has 1 heterocycles. The number of hydrogen-bond acceptors (Lipinski definition) is 3. The zero-order valence-corrected chi connectivity index (χ0v) is 16.6. The van der Waals surface area contributed by atoms with E-state index in [2.05, 4.69) is 5.32 Å². The standard InChI is InChI=1S/C22H23NO2S/c1-13-10-16(18(11-14(13)2)23-21(25)22(3,4)5)20(24)17-12-26-19-9-7-6-8-15(17)19/h6-12H,1-5H3,(H,23,25). The van der Waals surface area contributed by atoms with Crippen LogP contribution in [0.25, 0.3) is 10.1 Å². The van der Waals surface area contributed by atoms with E-state index < -0.39 is 5.41 Å². The van der Waals surface area contributed by atoms with E-state index in [9.17, 15) is 9.59 Å². The van der Waals surface area contributed by atoms with E-state index in [0.29, 0.717) is 16.8 Å². The summed E-state index contributed by atoms with van der Waals surface area (Å²) in [4.78, 5) is 25.8. The fraction of sp³-hybridized carbons (Fsp3) is 0.273. The molecule has 0 aliphatic rings. The molecular formula is C22H23NO2S. The monoisotopic (exact) mass is 365 g/mol. The maximum atomic E-state index is 13.3. The third-order valence-electron chi connectivity index (χ3n) is 4.53. The molecule has 0 aliphatic heterocycles. The number of benzene rings is 2. The molecule has 1 N–H and O–H groups in total. The van der Waals surface area contributed by atoms with Crippen molar-refractivity contribution in [2.75, 3.05) is 5.32 Å². The SMILES string of the molecule is Cc1cc(NC(=O)C(C)(C)C)c(C(=O)c2csc3ccccc23)cc1C. The van der Waals surface area contributed by atoms with Crippen molar-refractivity contribution >= 4 is 38.8 Å². The lowest BCUT2D eigenvalue weighted by Gasteiger charge is -2.20. The van der Waals surface area contributed by atoms with Crippen LogP contribution in [0.3, 0.4) is 0 Å². The second kappa shape index (κ2) is 6.69. The van der Waals surface area contributed by atoms with Gasteiger partial charge in [0.25, 0.3) is 0 Å². The van der Waals surface area contributed by atoms with Gasteiger partial charge < -0.3 is 5.32 Å². The van der Waals surface area contributed by atoms with Gasteiger partial charge in [0.2, 0.25) is 5.91 Å². The molecule has 3 nitrogen and oxygen atoms in total. The minimum atomic E-state index is -0.534. The number of carbonyl (C=O) groups excluding carboxylic acids is 2. The van der Waals surface area contributed by atoms with E-state index in [4.69, 9.17) is 0 Å². The molecule has 4 heteroatoms. The van der Waals surface area contributed by atoms with Gasteiger partial charge in [-0.1, -0.05) is 39.0 Å². The van der Waals surface area contributed by atoms with Crippen LogP contribution in [0, 0.1) is 19.3 Å². The maximum absolute atomic E-state index is 13.3. The number of nitrogens with one attached hydrogen (secondary N) is 1. The second-order valence-electron chi connectivity index (χ2n) is 7.66. The van der Waals surface area contributed by atoms with Gasteiger partial charge in [0.05, 0.1) is 5.69 Å². The summed E-state index contributed by atoms with van der Waals surface area (Å²) in [6.07, 6.45) is 0. The Balaban J connectivity index is 2.10. The number of carbonyl (C=O) groups is 2. The number of thiophene rings is 1. The minimum absolute atomic E-state index is 0.0604. The van der Waals surface area contributed by atoms with Crippen molar-refractivity contribution in [3.8, 4) is 0 Å². The Morgan fingerprint density at radius 2 is 1.62 bits per heavy atom. The van der Waals surface area contributed by atoms with Gasteiger partial charge in [-0.15, -0.1) is 11.3 Å². The summed E-state index contributed by atoms with van der Waals surface area (Å²) >= 11 is 1.56. The summed E-state index contributed by atoms with van der Waals surface area (Å²) in [5, 5.41) is 5.81. The van der Waals surface area contributed by atoms with Crippen LogP contribution < -0.4 is 5.32 Å². The third-order valence-corrected chi connectivity index (χ3v) is 5.50. The fourth-order valence-corrected chi connectivity index (χ4v) is 3.66. The van der Waals surface area contributed by atoms with E-state index in [1.807, 2.05) is 76.4 Å². The molecule has 0 radical (unpaired) electrons. The molecule has 3 rings (SSSR count). The van der Waals surface area contributed by atoms with Gasteiger partial charge in [-0.2, -0.15) is 0 Å². The fourth-order valence-electron chi connectivity index (χ4n) is 2.72. The predicted molar refractivity (Wildman–Crippen MR) is 109 cm³/mol. The van der Waals surface area contributed by atoms with Gasteiger partial charge in [-0.3, -0.25) is 9.59 Å². The number of rotatable bonds is 3. The lowest BCUT2D eigenvalue weighted by Crippen LogP contribution is -2.28. The molecular weight excluding hydrogens is 342 g/mol. The highest BCUT2D eigenvalue weighted by molar-refractivity contribution is 7.17. The summed E-state index contributed by atoms with van der Waals surface area (Å²) in [6.45, 7) is 9.54. The molecule has 1 amide bonds. The van der Waals surface area contributed by atoms with E-state index in [1.54, 1.807) is 11.3 Å². The smallest absolute Gasteiger partial charge is 0.229 e. The van der Waals surface area contributed by atoms with E-state index in [-0.39, 0.29) is 11.7 Å². The van der Waals surface area contributed by atoms with Crippen LogP contribution in [0.5, 0.6) is 0 Å². The summed E-state index contributed by atoms with van der Waals surface area (Å²) in [5.41, 5.74) is 3.33. The molecule has 0 aliphatic carbocycles. The topological polar surface area (TPSA) is 46.2 Å². The van der Waals surface area contributed by atoms with Crippen molar-refractivity contribution < 1.29 is 9.59 Å². The first kappa shape index (κ1) is 18.3. The highest BCUT2D eigenvalue weighted by Gasteiger charge is 2.24. The first-order valence-electron chi connectivity index (χ1n) is 8.62. The first-order chi connectivity index (χ1) is 12.2. The highest BCUT2D eigenvalue weighted by atomic mass is 32.1. The van der Waals surface area contributed by atoms with Crippen LogP contribution in [0.1, 0.15) is 47.8 Å². The van der Waals surface area contributed by atoms with Gasteiger partial charge in [-0.25, -0.2) is 0 Å². The summed E-state index contributed by atoms with van der Waals surface area (Å²) in [7, 11) is 0. The quantitative estimate of drug-likeness (QED) is 0.602. The van der Waals surface area contributed by atoms with Crippen LogP contribution in [0.4, 0.5) is 5.69 Å². The Labute approximate surface area is 158 Å². The van der Waals surface area contributed by atoms with Crippen molar-refractivity contribution in [2.45, 2.75) is 34.6 Å². The van der Waals surface area contributed by atoms with Crippen molar-refractivity contribution in [1.29, 1.82) is 0 Å². The van der Waals surface area contributed by atoms with Crippen LogP contribution in [-0.2, 0) is 4.79 Å². The number of amides is 1. The molecule has 0 saturated heterocycles. The number of fused-ring (bicyclic) bond motifs is 1. The molecule has 134 valence electrons. The van der Waals surface area contributed by atoms with Gasteiger partial charge in [-0.05, 0) is 43.2 Å². The number of anilines is 1. The third kappa shape index (κ3) is 3.42. The molecule has 26 heavy (non-hydrogen) atoms. The normalized spacial score (nSPS) is 11.6. The highest BCUT2D eigenvalue weighted by Crippen LogP contribution is 2.31. The largest absolute Gasteiger partial charge is 0.325 e. The lowest BCUT2D eigenvalue weighted by molar-refractivity contribution is -0.123. The Bertz CT molecular complexity index is 1010. The van der Waals surface area contributed by atoms with E-state index in [0.717, 1.165) is 21.2 Å². The second-order valence-corrected chi connectivity index (χ2v) is 8.57. The molecule has 0 atom stereocenters. The lowest BCUT2D eigenvalue weighted by atomic mass is 9.93. The number of aryl methyl sites for hydroxylation is 2. The number of hydrogen-bond donors (Lipinski definition) is 1. The van der Waals surface area contributed by atoms with Crippen LogP contribution in [0.15, 0.2) is 41.8 Å². The molecule has 0 unspecified atom stereocenters. The Hall–Kier alpha value is -2.46. The Kier molecular flexibility index (Phi) is 4.72. The Morgan fingerprint density at radius 1 is 0.962 bits per heavy atom. The van der Waals surface area contributed by atoms with Crippen molar-refractivity contribution in [3.05, 3.63) is 64.0 Å². The Morgan fingerprint density at radius 3 is 2.31 bits per heavy atom. The number of ketones is 1. The average Bonchev–Trinajstić information content (AvgIpc) is 3.00. The summed E-state index contributed by atoms with van der Waals surface area (Å²) in [5.74, 6) is -0.167. The molecule has 0 fully saturated rings. The van der Waals surface area contributed by atoms with Crippen LogP contribution in [0.2, 0.25) is 0 Å². The van der Waals surface area contributed by atoms with Crippen molar-refractivity contribution in [3.63, 3.8) is 0 Å². The molecule has 2 aromatic carbocycles. The van der Waals surface area contributed by atoms with Gasteiger partial charge >= 0.3 is 0 Å². The molecule has 0 saturated carbocycles. The van der Waals surface area contributed by atoms with Gasteiger partial charge in [0, 0.05) is 32.0 Å². The van der Waals surface area contributed by atoms with Gasteiger partial charge in [0.15, 0.2) is 5.78 Å². The van der Waals surface area contributed by atoms with E-state index in [1.165, 1.54) is 0 Å². The van der Waals surface area contributed by atoms with Crippen molar-refractivity contribution in [1.82, 2.24) is 0 Å². The van der Waals surface area contributed by atoms with Crippen molar-refractivity contribution in [2.24, 2.45) is 5.41 Å². The average molecular weight is 365 g/mol. The minimum Gasteiger partial charge on any atom is -0.325 e. The maximum Gasteiger partial charge on any atom is 0.229 e. The first-order valence-corrected chi connectivity index (χ1v) is 9.50. The summed E-state index contributed by atoms with van der Waals surface area (Å²) < 4.78 is 1.08. The molecule has 0 bridgehead atoms. The molecule has 1 aromatic heterocycles. The summed E-state index contributed by atoms with van der Waals surface area (Å²) in [6, 6.07) is 11.7. The zero-order valence-electron chi connectivity index (χ0n) is 15.8. The zero-order chi connectivity index (χ0) is 19.1. The van der Waals surface area contributed by atoms with Gasteiger partial charge in [0.1, 0.15) is 0 Å². The van der Waals surface area contributed by atoms with Crippen LogP contribution >= 0.6 is 11.3 Å². The molecule has 0 spiro atoms. The van der Waals surface area contributed by atoms with Crippen LogP contribution in [-0.4, -0.2) is 11.7 Å². The van der Waals surface area contributed by atoms with E-state index >= 15 is 0 Å².